The van der Waals surface area contributed by atoms with Crippen LogP contribution in [0.5, 0.6) is 0 Å². The monoisotopic (exact) mass is 317 g/mol. The molecule has 1 N–H and O–H groups in total. The van der Waals surface area contributed by atoms with E-state index in [2.05, 4.69) is 49.6 Å². The molecule has 0 atom stereocenters. The summed E-state index contributed by atoms with van der Waals surface area (Å²) in [5.41, 5.74) is 1.29. The van der Waals surface area contributed by atoms with Crippen LogP contribution < -0.4 is 5.32 Å². The Kier molecular flexibility index (Phi) is 3.78. The van der Waals surface area contributed by atoms with E-state index in [9.17, 15) is 0 Å². The van der Waals surface area contributed by atoms with Gasteiger partial charge in [-0.1, -0.05) is 11.6 Å². The molecule has 84 valence electrons. The summed E-state index contributed by atoms with van der Waals surface area (Å²) in [6, 6.07) is 2.10. The normalized spacial score (nSPS) is 10.4. The summed E-state index contributed by atoms with van der Waals surface area (Å²) in [4.78, 5) is 9.28. The molecule has 0 saturated carbocycles. The van der Waals surface area contributed by atoms with Gasteiger partial charge in [0.2, 0.25) is 0 Å². The number of anilines is 1. The van der Waals surface area contributed by atoms with Crippen molar-refractivity contribution in [2.75, 3.05) is 5.32 Å². The average Bonchev–Trinajstić information content (AvgIpc) is 2.67. The fourth-order valence-corrected chi connectivity index (χ4v) is 2.54. The number of aryl methyl sites for hydroxylation is 1. The second kappa shape index (κ2) is 5.12. The van der Waals surface area contributed by atoms with Crippen molar-refractivity contribution in [1.82, 2.24) is 9.97 Å². The highest BCUT2D eigenvalue weighted by atomic mass is 79.9. The summed E-state index contributed by atoms with van der Waals surface area (Å²) >= 11 is 10.9. The van der Waals surface area contributed by atoms with Gasteiger partial charge in [-0.05, 0) is 39.9 Å². The Balaban J connectivity index is 2.11. The molecule has 2 rings (SSSR count). The molecule has 0 spiro atoms. The molecule has 0 aliphatic carbocycles. The molecule has 2 aromatic rings. The van der Waals surface area contributed by atoms with Crippen molar-refractivity contribution in [2.45, 2.75) is 13.5 Å². The van der Waals surface area contributed by atoms with Gasteiger partial charge in [0.15, 0.2) is 0 Å². The highest BCUT2D eigenvalue weighted by molar-refractivity contribution is 9.10. The largest absolute Gasteiger partial charge is 0.364 e. The number of nitrogens with one attached hydrogen (secondary N) is 1. The Morgan fingerprint density at radius 3 is 3.00 bits per heavy atom. The number of aromatic nitrogens is 2. The average molecular weight is 319 g/mol. The van der Waals surface area contributed by atoms with E-state index in [-0.39, 0.29) is 0 Å². The third-order valence-corrected chi connectivity index (χ3v) is 4.42. The second-order valence-corrected chi connectivity index (χ2v) is 5.36. The van der Waals surface area contributed by atoms with Crippen molar-refractivity contribution < 1.29 is 0 Å². The van der Waals surface area contributed by atoms with Crippen LogP contribution in [-0.4, -0.2) is 9.97 Å². The van der Waals surface area contributed by atoms with Crippen LogP contribution in [0, 0.1) is 6.92 Å². The first-order chi connectivity index (χ1) is 7.68. The molecule has 2 heterocycles. The van der Waals surface area contributed by atoms with E-state index in [0.29, 0.717) is 15.4 Å². The standard InChI is InChI=1S/C10H9BrClN3S/c1-6-2-3-16-7(6)4-13-10-8(11)9(12)14-5-15-10/h2-3,5H,4H2,1H3,(H,13,14,15). The van der Waals surface area contributed by atoms with Gasteiger partial charge in [0, 0.05) is 4.88 Å². The van der Waals surface area contributed by atoms with Crippen molar-refractivity contribution in [1.29, 1.82) is 0 Å². The predicted molar refractivity (Wildman–Crippen MR) is 71.1 cm³/mol. The van der Waals surface area contributed by atoms with Crippen LogP contribution in [0.4, 0.5) is 5.82 Å². The fraction of sp³-hybridized carbons (Fsp3) is 0.200. The summed E-state index contributed by atoms with van der Waals surface area (Å²) in [7, 11) is 0. The lowest BCUT2D eigenvalue weighted by atomic mass is 10.3. The number of halogens is 2. The summed E-state index contributed by atoms with van der Waals surface area (Å²) in [5, 5.41) is 5.72. The van der Waals surface area contributed by atoms with Crippen molar-refractivity contribution in [3.63, 3.8) is 0 Å². The van der Waals surface area contributed by atoms with Crippen LogP contribution in [0.3, 0.4) is 0 Å². The summed E-state index contributed by atoms with van der Waals surface area (Å²) in [6.45, 7) is 2.84. The number of hydrogen-bond donors (Lipinski definition) is 1. The minimum atomic E-state index is 0.417. The summed E-state index contributed by atoms with van der Waals surface area (Å²) in [6.07, 6.45) is 1.44. The zero-order valence-electron chi connectivity index (χ0n) is 8.50. The molecular formula is C10H9BrClN3S. The summed E-state index contributed by atoms with van der Waals surface area (Å²) in [5.74, 6) is 0.716. The Hall–Kier alpha value is -0.650. The lowest BCUT2D eigenvalue weighted by Crippen LogP contribution is -2.02. The quantitative estimate of drug-likeness (QED) is 0.873. The molecular weight excluding hydrogens is 310 g/mol. The van der Waals surface area contributed by atoms with Gasteiger partial charge in [0.1, 0.15) is 17.3 Å². The number of rotatable bonds is 3. The van der Waals surface area contributed by atoms with E-state index in [1.165, 1.54) is 16.8 Å². The molecule has 16 heavy (non-hydrogen) atoms. The zero-order chi connectivity index (χ0) is 11.5. The maximum atomic E-state index is 5.87. The Morgan fingerprint density at radius 2 is 2.31 bits per heavy atom. The number of hydrogen-bond acceptors (Lipinski definition) is 4. The van der Waals surface area contributed by atoms with Gasteiger partial charge in [-0.15, -0.1) is 11.3 Å². The number of thiophene rings is 1. The maximum absolute atomic E-state index is 5.87. The SMILES string of the molecule is Cc1ccsc1CNc1ncnc(Cl)c1Br. The first-order valence-electron chi connectivity index (χ1n) is 4.61. The topological polar surface area (TPSA) is 37.8 Å². The molecule has 2 aromatic heterocycles. The Labute approximate surface area is 111 Å². The zero-order valence-corrected chi connectivity index (χ0v) is 11.7. The molecule has 0 radical (unpaired) electrons. The van der Waals surface area contributed by atoms with Crippen LogP contribution in [0.15, 0.2) is 22.2 Å². The van der Waals surface area contributed by atoms with Crippen molar-refractivity contribution in [3.05, 3.63) is 37.8 Å². The molecule has 0 unspecified atom stereocenters. The molecule has 0 fully saturated rings. The van der Waals surface area contributed by atoms with Gasteiger partial charge in [-0.2, -0.15) is 0 Å². The van der Waals surface area contributed by atoms with Gasteiger partial charge in [0.05, 0.1) is 11.0 Å². The first-order valence-corrected chi connectivity index (χ1v) is 6.66. The lowest BCUT2D eigenvalue weighted by Gasteiger charge is -2.07. The van der Waals surface area contributed by atoms with Crippen LogP contribution in [0.1, 0.15) is 10.4 Å². The first kappa shape index (κ1) is 11.8. The summed E-state index contributed by atoms with van der Waals surface area (Å²) < 4.78 is 0.700. The molecule has 3 nitrogen and oxygen atoms in total. The van der Waals surface area contributed by atoms with E-state index in [1.807, 2.05) is 0 Å². The van der Waals surface area contributed by atoms with Gasteiger partial charge in [-0.25, -0.2) is 9.97 Å². The van der Waals surface area contributed by atoms with E-state index in [1.54, 1.807) is 11.3 Å². The van der Waals surface area contributed by atoms with E-state index in [0.717, 1.165) is 6.54 Å². The molecule has 0 aliphatic rings. The highest BCUT2D eigenvalue weighted by Gasteiger charge is 2.07. The van der Waals surface area contributed by atoms with Gasteiger partial charge < -0.3 is 5.32 Å². The third kappa shape index (κ3) is 2.53. The van der Waals surface area contributed by atoms with Gasteiger partial charge >= 0.3 is 0 Å². The number of nitrogens with zero attached hydrogens (tertiary/aromatic N) is 2. The van der Waals surface area contributed by atoms with E-state index < -0.39 is 0 Å². The fourth-order valence-electron chi connectivity index (χ4n) is 1.22. The molecule has 0 aromatic carbocycles. The van der Waals surface area contributed by atoms with Crippen LogP contribution in [0.25, 0.3) is 0 Å². The second-order valence-electron chi connectivity index (χ2n) is 3.21. The van der Waals surface area contributed by atoms with Crippen LogP contribution in [0.2, 0.25) is 5.15 Å². The van der Waals surface area contributed by atoms with Crippen LogP contribution >= 0.6 is 38.9 Å². The van der Waals surface area contributed by atoms with Gasteiger partial charge in [0.25, 0.3) is 0 Å². The molecule has 0 bridgehead atoms. The molecule has 0 amide bonds. The highest BCUT2D eigenvalue weighted by Crippen LogP contribution is 2.27. The Bertz CT molecular complexity index is 501. The van der Waals surface area contributed by atoms with Crippen molar-refractivity contribution in [3.8, 4) is 0 Å². The van der Waals surface area contributed by atoms with Gasteiger partial charge in [-0.3, -0.25) is 0 Å². The lowest BCUT2D eigenvalue weighted by molar-refractivity contribution is 1.08. The molecule has 0 saturated heterocycles. The Morgan fingerprint density at radius 1 is 1.50 bits per heavy atom. The van der Waals surface area contributed by atoms with E-state index >= 15 is 0 Å². The van der Waals surface area contributed by atoms with E-state index in [4.69, 9.17) is 11.6 Å². The maximum Gasteiger partial charge on any atom is 0.148 e. The molecule has 6 heteroatoms. The van der Waals surface area contributed by atoms with Crippen molar-refractivity contribution in [2.24, 2.45) is 0 Å². The molecule has 0 aliphatic heterocycles. The minimum Gasteiger partial charge on any atom is -0.364 e. The minimum absolute atomic E-state index is 0.417. The third-order valence-electron chi connectivity index (χ3n) is 2.13. The predicted octanol–water partition coefficient (Wildman–Crippen LogP) is 3.87. The van der Waals surface area contributed by atoms with Crippen molar-refractivity contribution >= 4 is 44.7 Å². The van der Waals surface area contributed by atoms with Crippen LogP contribution in [-0.2, 0) is 6.54 Å². The smallest absolute Gasteiger partial charge is 0.148 e.